The standard InChI is InChI=1S/C20H23F3N4O3S/c21-15-5-17(23)16(22)4-14(15)20-18(24)3-11(10-30-20)6-26-7-12-8-27(25-19(12)9-26)31(28,29)13-1-2-13/h4-5,8,11,13,18,20H,1-3,6-7,9-10,24H2/t11-,18-,20?/m0/s1. The van der Waals surface area contributed by atoms with E-state index in [9.17, 15) is 21.6 Å². The first-order valence-corrected chi connectivity index (χ1v) is 11.8. The zero-order chi connectivity index (χ0) is 21.9. The molecule has 3 atom stereocenters. The van der Waals surface area contributed by atoms with E-state index in [0.29, 0.717) is 51.6 Å². The zero-order valence-electron chi connectivity index (χ0n) is 16.7. The van der Waals surface area contributed by atoms with E-state index < -0.39 is 39.6 Å². The van der Waals surface area contributed by atoms with Crippen LogP contribution in [0.25, 0.3) is 0 Å². The van der Waals surface area contributed by atoms with Crippen molar-refractivity contribution in [1.82, 2.24) is 14.1 Å². The van der Waals surface area contributed by atoms with Crippen LogP contribution in [0.15, 0.2) is 18.3 Å². The van der Waals surface area contributed by atoms with Crippen LogP contribution >= 0.6 is 0 Å². The fourth-order valence-corrected chi connectivity index (χ4v) is 6.00. The largest absolute Gasteiger partial charge is 0.371 e. The first-order valence-electron chi connectivity index (χ1n) is 10.3. The highest BCUT2D eigenvalue weighted by atomic mass is 32.2. The third-order valence-electron chi connectivity index (χ3n) is 6.20. The van der Waals surface area contributed by atoms with Gasteiger partial charge >= 0.3 is 0 Å². The molecule has 3 aliphatic rings. The highest BCUT2D eigenvalue weighted by Crippen LogP contribution is 2.34. The minimum Gasteiger partial charge on any atom is -0.371 e. The van der Waals surface area contributed by atoms with Crippen LogP contribution < -0.4 is 5.73 Å². The fourth-order valence-electron chi connectivity index (χ4n) is 4.48. The molecule has 31 heavy (non-hydrogen) atoms. The predicted octanol–water partition coefficient (Wildman–Crippen LogP) is 2.06. The summed E-state index contributed by atoms with van der Waals surface area (Å²) in [6, 6.07) is 0.760. The van der Waals surface area contributed by atoms with E-state index in [2.05, 4.69) is 10.00 Å². The SMILES string of the molecule is N[C@H]1C[C@@H](CN2Cc3cn(S(=O)(=O)C4CC4)nc3C2)COC1c1cc(F)c(F)cc1F. The van der Waals surface area contributed by atoms with Crippen LogP contribution in [0.2, 0.25) is 0 Å². The van der Waals surface area contributed by atoms with Crippen molar-refractivity contribution in [3.8, 4) is 0 Å². The lowest BCUT2D eigenvalue weighted by Crippen LogP contribution is -2.42. The Balaban J connectivity index is 1.20. The Bertz CT molecular complexity index is 1100. The summed E-state index contributed by atoms with van der Waals surface area (Å²) in [5.74, 6) is -3.18. The molecule has 2 fully saturated rings. The minimum absolute atomic E-state index is 0.0722. The van der Waals surface area contributed by atoms with Crippen molar-refractivity contribution in [2.24, 2.45) is 11.7 Å². The average Bonchev–Trinajstić information content (AvgIpc) is 3.39. The smallest absolute Gasteiger partial charge is 0.256 e. The molecular formula is C20H23F3N4O3S. The monoisotopic (exact) mass is 456 g/mol. The van der Waals surface area contributed by atoms with Crippen LogP contribution in [0.4, 0.5) is 13.2 Å². The van der Waals surface area contributed by atoms with Gasteiger partial charge in [-0.1, -0.05) is 0 Å². The molecule has 5 rings (SSSR count). The second-order valence-corrected chi connectivity index (χ2v) is 10.8. The summed E-state index contributed by atoms with van der Waals surface area (Å²) in [4.78, 5) is 2.14. The van der Waals surface area contributed by atoms with Crippen molar-refractivity contribution in [3.05, 3.63) is 52.6 Å². The maximum absolute atomic E-state index is 14.1. The van der Waals surface area contributed by atoms with E-state index in [0.717, 1.165) is 21.4 Å². The van der Waals surface area contributed by atoms with Gasteiger partial charge in [0.05, 0.1) is 17.6 Å². The van der Waals surface area contributed by atoms with Gasteiger partial charge in [0.2, 0.25) is 0 Å². The number of aromatic nitrogens is 2. The van der Waals surface area contributed by atoms with Gasteiger partial charge in [-0.15, -0.1) is 0 Å². The summed E-state index contributed by atoms with van der Waals surface area (Å²) < 4.78 is 72.4. The number of ether oxygens (including phenoxy) is 1. The quantitative estimate of drug-likeness (QED) is 0.693. The van der Waals surface area contributed by atoms with Crippen LogP contribution in [0.5, 0.6) is 0 Å². The van der Waals surface area contributed by atoms with Crippen molar-refractivity contribution < 1.29 is 26.3 Å². The third kappa shape index (κ3) is 3.88. The van der Waals surface area contributed by atoms with Crippen LogP contribution in [-0.4, -0.2) is 46.9 Å². The normalized spacial score (nSPS) is 26.9. The molecule has 3 heterocycles. The minimum atomic E-state index is -3.37. The topological polar surface area (TPSA) is 90.5 Å². The van der Waals surface area contributed by atoms with E-state index in [1.807, 2.05) is 0 Å². The molecule has 0 spiro atoms. The average molecular weight is 456 g/mol. The van der Waals surface area contributed by atoms with E-state index >= 15 is 0 Å². The Morgan fingerprint density at radius 1 is 1.13 bits per heavy atom. The number of halogens is 3. The van der Waals surface area contributed by atoms with Crippen LogP contribution in [0.3, 0.4) is 0 Å². The lowest BCUT2D eigenvalue weighted by atomic mass is 9.90. The molecule has 7 nitrogen and oxygen atoms in total. The molecular weight excluding hydrogens is 433 g/mol. The Labute approximate surface area is 178 Å². The number of nitrogens with zero attached hydrogens (tertiary/aromatic N) is 3. The first-order chi connectivity index (χ1) is 14.7. The second kappa shape index (κ2) is 7.58. The molecule has 1 saturated heterocycles. The first kappa shape index (κ1) is 20.9. The van der Waals surface area contributed by atoms with Crippen LogP contribution in [0.1, 0.15) is 42.2 Å². The van der Waals surface area contributed by atoms with Crippen molar-refractivity contribution in [1.29, 1.82) is 0 Å². The summed E-state index contributed by atoms with van der Waals surface area (Å²) in [5, 5.41) is 3.97. The highest BCUT2D eigenvalue weighted by molar-refractivity contribution is 7.90. The molecule has 0 amide bonds. The summed E-state index contributed by atoms with van der Waals surface area (Å²) in [5.41, 5.74) is 7.77. The van der Waals surface area contributed by atoms with Crippen molar-refractivity contribution in [3.63, 3.8) is 0 Å². The molecule has 1 aromatic carbocycles. The zero-order valence-corrected chi connectivity index (χ0v) is 17.5. The van der Waals surface area contributed by atoms with Gasteiger partial charge in [-0.05, 0) is 31.2 Å². The molecule has 1 aliphatic carbocycles. The lowest BCUT2D eigenvalue weighted by Gasteiger charge is -2.36. The van der Waals surface area contributed by atoms with E-state index in [4.69, 9.17) is 10.5 Å². The molecule has 2 aromatic rings. The Hall–Kier alpha value is -1.95. The Morgan fingerprint density at radius 3 is 2.55 bits per heavy atom. The maximum Gasteiger partial charge on any atom is 0.256 e. The van der Waals surface area contributed by atoms with Crippen molar-refractivity contribution in [2.45, 2.75) is 49.7 Å². The van der Waals surface area contributed by atoms with E-state index in [1.165, 1.54) is 0 Å². The molecule has 0 radical (unpaired) electrons. The number of nitrogens with two attached hydrogens (primary N) is 1. The van der Waals surface area contributed by atoms with Gasteiger partial charge in [-0.25, -0.2) is 21.6 Å². The second-order valence-electron chi connectivity index (χ2n) is 8.69. The molecule has 2 aliphatic heterocycles. The summed E-state index contributed by atoms with van der Waals surface area (Å²) in [6.07, 6.45) is 2.69. The highest BCUT2D eigenvalue weighted by Gasteiger charge is 2.39. The van der Waals surface area contributed by atoms with Crippen LogP contribution in [0, 0.1) is 23.4 Å². The summed E-state index contributed by atoms with van der Waals surface area (Å²) in [7, 11) is -3.37. The van der Waals surface area contributed by atoms with Gasteiger partial charge in [0.25, 0.3) is 10.0 Å². The summed E-state index contributed by atoms with van der Waals surface area (Å²) >= 11 is 0. The van der Waals surface area contributed by atoms with Gasteiger partial charge in [0, 0.05) is 49.1 Å². The third-order valence-corrected chi connectivity index (χ3v) is 8.22. The number of rotatable bonds is 5. The van der Waals surface area contributed by atoms with Crippen LogP contribution in [-0.2, 0) is 27.8 Å². The maximum atomic E-state index is 14.1. The van der Waals surface area contributed by atoms with Gasteiger partial charge in [-0.2, -0.15) is 9.19 Å². The molecule has 11 heteroatoms. The Kier molecular flexibility index (Phi) is 5.11. The van der Waals surface area contributed by atoms with Gasteiger partial charge in [0.15, 0.2) is 11.6 Å². The molecule has 0 bridgehead atoms. The van der Waals surface area contributed by atoms with Gasteiger partial charge < -0.3 is 10.5 Å². The molecule has 1 aromatic heterocycles. The molecule has 1 unspecified atom stereocenters. The Morgan fingerprint density at radius 2 is 1.87 bits per heavy atom. The fraction of sp³-hybridized carbons (Fsp3) is 0.550. The number of fused-ring (bicyclic) bond motifs is 1. The number of hydrogen-bond acceptors (Lipinski definition) is 6. The van der Waals surface area contributed by atoms with Crippen molar-refractivity contribution >= 4 is 10.0 Å². The molecule has 2 N–H and O–H groups in total. The summed E-state index contributed by atoms with van der Waals surface area (Å²) in [6.45, 7) is 2.09. The van der Waals surface area contributed by atoms with E-state index in [1.54, 1.807) is 6.20 Å². The number of benzene rings is 1. The van der Waals surface area contributed by atoms with Crippen molar-refractivity contribution in [2.75, 3.05) is 13.2 Å². The van der Waals surface area contributed by atoms with E-state index in [-0.39, 0.29) is 16.7 Å². The lowest BCUT2D eigenvalue weighted by molar-refractivity contribution is -0.0413. The molecule has 1 saturated carbocycles. The number of hydrogen-bond donors (Lipinski definition) is 1. The molecule has 168 valence electrons. The van der Waals surface area contributed by atoms with Gasteiger partial charge in [-0.3, -0.25) is 4.90 Å². The predicted molar refractivity (Wildman–Crippen MR) is 105 cm³/mol. The van der Waals surface area contributed by atoms with Gasteiger partial charge in [0.1, 0.15) is 11.9 Å².